The number of nitrogens with zero attached hydrogens (tertiary/aromatic N) is 4. The number of carbonyl (C=O) groups excluding carboxylic acids is 1. The molecule has 3 rings (SSSR count). The Morgan fingerprint density at radius 1 is 1.57 bits per heavy atom. The molecule has 0 aromatic carbocycles. The van der Waals surface area contributed by atoms with Gasteiger partial charge in [0.2, 0.25) is 0 Å². The van der Waals surface area contributed by atoms with Crippen LogP contribution in [0.1, 0.15) is 10.4 Å². The molecule has 0 aliphatic carbocycles. The summed E-state index contributed by atoms with van der Waals surface area (Å²) < 4.78 is 1.87. The van der Waals surface area contributed by atoms with E-state index in [4.69, 9.17) is 0 Å². The Labute approximate surface area is 131 Å². The smallest absolute Gasteiger partial charge is 0.317 e. The van der Waals surface area contributed by atoms with Gasteiger partial charge < -0.3 is 14.8 Å². The van der Waals surface area contributed by atoms with E-state index in [9.17, 15) is 4.79 Å². The normalized spacial score (nSPS) is 14.0. The molecule has 0 saturated carbocycles. The predicted molar refractivity (Wildman–Crippen MR) is 83.6 cm³/mol. The number of hydrogen-bond donors (Lipinski definition) is 1. The Morgan fingerprint density at radius 2 is 2.48 bits per heavy atom. The lowest BCUT2D eigenvalue weighted by Gasteiger charge is -2.27. The maximum Gasteiger partial charge on any atom is 0.317 e. The van der Waals surface area contributed by atoms with Crippen molar-refractivity contribution in [2.45, 2.75) is 18.1 Å². The molecule has 3 heterocycles. The zero-order chi connectivity index (χ0) is 14.7. The number of thiophene rings is 1. The van der Waals surface area contributed by atoms with Crippen molar-refractivity contribution in [1.29, 1.82) is 0 Å². The maximum absolute atomic E-state index is 12.1. The number of urea groups is 1. The fourth-order valence-corrected chi connectivity index (χ4v) is 3.87. The van der Waals surface area contributed by atoms with E-state index in [-0.39, 0.29) is 6.03 Å². The molecule has 0 unspecified atom stereocenters. The molecule has 2 aromatic rings. The average Bonchev–Trinajstić information content (AvgIpc) is 3.11. The largest absolute Gasteiger partial charge is 0.337 e. The van der Waals surface area contributed by atoms with Crippen LogP contribution in [-0.4, -0.2) is 44.5 Å². The molecule has 0 atom stereocenters. The van der Waals surface area contributed by atoms with Gasteiger partial charge >= 0.3 is 6.03 Å². The minimum absolute atomic E-state index is 0.0189. The zero-order valence-electron chi connectivity index (χ0n) is 11.8. The number of aromatic nitrogens is 3. The van der Waals surface area contributed by atoms with E-state index in [1.807, 2.05) is 16.5 Å². The van der Waals surface area contributed by atoms with E-state index >= 15 is 0 Å². The van der Waals surface area contributed by atoms with E-state index in [1.165, 1.54) is 10.4 Å². The highest BCUT2D eigenvalue weighted by atomic mass is 32.2. The Morgan fingerprint density at radius 3 is 3.29 bits per heavy atom. The number of thioether (sulfide) groups is 1. The van der Waals surface area contributed by atoms with Crippen LogP contribution >= 0.6 is 23.1 Å². The zero-order valence-corrected chi connectivity index (χ0v) is 13.4. The fraction of sp³-hybridized carbons (Fsp3) is 0.462. The second kappa shape index (κ2) is 6.48. The molecule has 2 aromatic heterocycles. The number of nitrogens with one attached hydrogen (secondary N) is 1. The SMILES string of the molecule is Cn1cnnc1SCCNC(=O)N1CCc2sccc2C1. The average molecular weight is 323 g/mol. The fourth-order valence-electron chi connectivity index (χ4n) is 2.24. The minimum Gasteiger partial charge on any atom is -0.337 e. The van der Waals surface area contributed by atoms with Gasteiger partial charge in [-0.1, -0.05) is 11.8 Å². The van der Waals surface area contributed by atoms with E-state index < -0.39 is 0 Å². The number of amides is 2. The summed E-state index contributed by atoms with van der Waals surface area (Å²) in [6.07, 6.45) is 2.64. The highest BCUT2D eigenvalue weighted by Gasteiger charge is 2.20. The van der Waals surface area contributed by atoms with Gasteiger partial charge in [0.1, 0.15) is 6.33 Å². The van der Waals surface area contributed by atoms with Gasteiger partial charge in [-0.05, 0) is 23.4 Å². The molecule has 0 radical (unpaired) electrons. The summed E-state index contributed by atoms with van der Waals surface area (Å²) in [6.45, 7) is 2.15. The van der Waals surface area contributed by atoms with Crippen molar-refractivity contribution in [2.75, 3.05) is 18.8 Å². The van der Waals surface area contributed by atoms with Crippen LogP contribution in [0.4, 0.5) is 4.79 Å². The molecular weight excluding hydrogens is 306 g/mol. The Bertz CT molecular complexity index is 624. The van der Waals surface area contributed by atoms with Crippen LogP contribution in [0, 0.1) is 0 Å². The molecule has 1 aliphatic heterocycles. The third-order valence-electron chi connectivity index (χ3n) is 3.37. The predicted octanol–water partition coefficient (Wildman–Crippen LogP) is 1.74. The van der Waals surface area contributed by atoms with Gasteiger partial charge in [-0.2, -0.15) is 0 Å². The van der Waals surface area contributed by atoms with Crippen molar-refractivity contribution in [3.05, 3.63) is 28.2 Å². The van der Waals surface area contributed by atoms with Crippen LogP contribution in [0.5, 0.6) is 0 Å². The molecule has 21 heavy (non-hydrogen) atoms. The van der Waals surface area contributed by atoms with E-state index in [0.717, 1.165) is 30.4 Å². The van der Waals surface area contributed by atoms with Crippen molar-refractivity contribution in [1.82, 2.24) is 25.0 Å². The van der Waals surface area contributed by atoms with Crippen molar-refractivity contribution < 1.29 is 4.79 Å². The summed E-state index contributed by atoms with van der Waals surface area (Å²) in [5.41, 5.74) is 1.29. The van der Waals surface area contributed by atoms with Crippen LogP contribution in [-0.2, 0) is 20.0 Å². The Kier molecular flexibility index (Phi) is 4.45. The van der Waals surface area contributed by atoms with Crippen LogP contribution < -0.4 is 5.32 Å². The highest BCUT2D eigenvalue weighted by molar-refractivity contribution is 7.99. The summed E-state index contributed by atoms with van der Waals surface area (Å²) in [4.78, 5) is 15.4. The summed E-state index contributed by atoms with van der Waals surface area (Å²) in [6, 6.07) is 2.13. The van der Waals surface area contributed by atoms with Gasteiger partial charge in [0.25, 0.3) is 0 Å². The maximum atomic E-state index is 12.1. The molecule has 0 saturated heterocycles. The molecule has 1 aliphatic rings. The molecule has 1 N–H and O–H groups in total. The van der Waals surface area contributed by atoms with Crippen molar-refractivity contribution in [3.63, 3.8) is 0 Å². The topological polar surface area (TPSA) is 63.1 Å². The monoisotopic (exact) mass is 323 g/mol. The minimum atomic E-state index is 0.0189. The molecule has 0 fully saturated rings. The highest BCUT2D eigenvalue weighted by Crippen LogP contribution is 2.23. The quantitative estimate of drug-likeness (QED) is 0.688. The van der Waals surface area contributed by atoms with Gasteiger partial charge in [-0.15, -0.1) is 21.5 Å². The molecule has 6 nitrogen and oxygen atoms in total. The number of carbonyl (C=O) groups is 1. The summed E-state index contributed by atoms with van der Waals surface area (Å²) in [5, 5.41) is 13.8. The van der Waals surface area contributed by atoms with E-state index in [0.29, 0.717) is 6.54 Å². The number of aryl methyl sites for hydroxylation is 1. The third kappa shape index (κ3) is 3.38. The lowest BCUT2D eigenvalue weighted by Crippen LogP contribution is -2.43. The van der Waals surface area contributed by atoms with Gasteiger partial charge in [0.05, 0.1) is 0 Å². The van der Waals surface area contributed by atoms with Gasteiger partial charge in [-0.3, -0.25) is 0 Å². The third-order valence-corrected chi connectivity index (χ3v) is 5.43. The number of fused-ring (bicyclic) bond motifs is 1. The molecule has 0 spiro atoms. The molecular formula is C13H17N5OS2. The Balaban J connectivity index is 1.42. The molecule has 2 amide bonds. The first-order valence-electron chi connectivity index (χ1n) is 6.79. The summed E-state index contributed by atoms with van der Waals surface area (Å²) in [7, 11) is 1.91. The summed E-state index contributed by atoms with van der Waals surface area (Å²) in [5.74, 6) is 0.788. The first-order valence-corrected chi connectivity index (χ1v) is 8.65. The van der Waals surface area contributed by atoms with Gasteiger partial charge in [0, 0.05) is 37.3 Å². The van der Waals surface area contributed by atoms with Crippen molar-refractivity contribution in [3.8, 4) is 0 Å². The second-order valence-electron chi connectivity index (χ2n) is 4.85. The van der Waals surface area contributed by atoms with Crippen molar-refractivity contribution in [2.24, 2.45) is 7.05 Å². The number of rotatable bonds is 4. The van der Waals surface area contributed by atoms with Crippen LogP contribution in [0.2, 0.25) is 0 Å². The first kappa shape index (κ1) is 14.4. The van der Waals surface area contributed by atoms with Crippen LogP contribution in [0.15, 0.2) is 22.9 Å². The molecule has 0 bridgehead atoms. The van der Waals surface area contributed by atoms with E-state index in [1.54, 1.807) is 29.4 Å². The molecule has 8 heteroatoms. The lowest BCUT2D eigenvalue weighted by atomic mass is 10.1. The van der Waals surface area contributed by atoms with E-state index in [2.05, 4.69) is 27.0 Å². The molecule has 112 valence electrons. The lowest BCUT2D eigenvalue weighted by molar-refractivity contribution is 0.193. The summed E-state index contributed by atoms with van der Waals surface area (Å²) >= 11 is 3.37. The van der Waals surface area contributed by atoms with Crippen molar-refractivity contribution >= 4 is 29.1 Å². The standard InChI is InChI=1S/C13H17N5OS2/c1-17-9-15-16-13(17)21-7-4-14-12(19)18-5-2-11-10(8-18)3-6-20-11/h3,6,9H,2,4-5,7-8H2,1H3,(H,14,19). The van der Waals surface area contributed by atoms with Crippen LogP contribution in [0.25, 0.3) is 0 Å². The first-order chi connectivity index (χ1) is 10.2. The van der Waals surface area contributed by atoms with Gasteiger partial charge in [-0.25, -0.2) is 4.79 Å². The second-order valence-corrected chi connectivity index (χ2v) is 6.91. The van der Waals surface area contributed by atoms with Crippen LogP contribution in [0.3, 0.4) is 0 Å². The Hall–Kier alpha value is -1.54. The van der Waals surface area contributed by atoms with Gasteiger partial charge in [0.15, 0.2) is 5.16 Å². The number of hydrogen-bond acceptors (Lipinski definition) is 5.